The van der Waals surface area contributed by atoms with E-state index in [4.69, 9.17) is 10.2 Å². The lowest BCUT2D eigenvalue weighted by atomic mass is 10.1. The smallest absolute Gasteiger partial charge is 0.335 e. The van der Waals surface area contributed by atoms with Crippen LogP contribution < -0.4 is 21.7 Å². The minimum atomic E-state index is -3.82. The van der Waals surface area contributed by atoms with Crippen LogP contribution in [0.25, 0.3) is 10.2 Å². The van der Waals surface area contributed by atoms with E-state index in [2.05, 4.69) is 5.32 Å². The number of nitrogens with zero attached hydrogens (tertiary/aromatic N) is 2. The average molecular weight is 529 g/mol. The molecule has 0 fully saturated rings. The second kappa shape index (κ2) is 9.53. The molecule has 0 saturated heterocycles. The minimum absolute atomic E-state index is 0.0443. The van der Waals surface area contributed by atoms with Gasteiger partial charge in [-0.1, -0.05) is 24.3 Å². The number of carbonyl (C=O) groups excluding carboxylic acids is 1. The highest BCUT2D eigenvalue weighted by atomic mass is 32.2. The number of sulfonamides is 1. The van der Waals surface area contributed by atoms with Crippen molar-refractivity contribution in [3.05, 3.63) is 97.0 Å². The molecular weight excluding hydrogens is 508 g/mol. The van der Waals surface area contributed by atoms with Gasteiger partial charge < -0.3 is 10.4 Å². The van der Waals surface area contributed by atoms with E-state index in [1.165, 1.54) is 66.2 Å². The van der Waals surface area contributed by atoms with Crippen LogP contribution >= 0.6 is 11.3 Å². The number of aromatic carboxylic acids is 1. The zero-order valence-electron chi connectivity index (χ0n) is 18.8. The number of aromatic nitrogens is 2. The van der Waals surface area contributed by atoms with Crippen LogP contribution in [0.1, 0.15) is 31.2 Å². The molecule has 0 aliphatic rings. The van der Waals surface area contributed by atoms with Crippen LogP contribution in [-0.4, -0.2) is 34.5 Å². The Morgan fingerprint density at radius 1 is 1.03 bits per heavy atom. The van der Waals surface area contributed by atoms with Crippen molar-refractivity contribution < 1.29 is 23.1 Å². The van der Waals surface area contributed by atoms with Gasteiger partial charge >= 0.3 is 11.7 Å². The maximum Gasteiger partial charge on any atom is 0.335 e. The monoisotopic (exact) mass is 528 g/mol. The molecule has 1 amide bonds. The normalized spacial score (nSPS) is 11.5. The highest BCUT2D eigenvalue weighted by Gasteiger charge is 2.18. The Morgan fingerprint density at radius 2 is 1.64 bits per heavy atom. The van der Waals surface area contributed by atoms with E-state index in [0.29, 0.717) is 16.0 Å². The van der Waals surface area contributed by atoms with Crippen molar-refractivity contribution in [2.24, 2.45) is 12.2 Å². The number of carbonyl (C=O) groups is 2. The van der Waals surface area contributed by atoms with Gasteiger partial charge in [0.15, 0.2) is 0 Å². The molecule has 0 atom stereocenters. The zero-order chi connectivity index (χ0) is 26.2. The number of benzene rings is 2. The highest BCUT2D eigenvalue weighted by Crippen LogP contribution is 2.22. The third-order valence-corrected chi connectivity index (χ3v) is 7.62. The first kappa shape index (κ1) is 25.0. The lowest BCUT2D eigenvalue weighted by Crippen LogP contribution is -2.38. The van der Waals surface area contributed by atoms with Crippen molar-refractivity contribution >= 4 is 43.5 Å². The number of carboxylic acid groups (broad SMARTS) is 1. The molecule has 13 heteroatoms. The van der Waals surface area contributed by atoms with Gasteiger partial charge in [-0.15, -0.1) is 11.3 Å². The van der Waals surface area contributed by atoms with Crippen molar-refractivity contribution in [2.45, 2.75) is 18.0 Å². The van der Waals surface area contributed by atoms with Crippen molar-refractivity contribution in [3.8, 4) is 0 Å². The number of carboxylic acids is 1. The molecule has 11 nitrogen and oxygen atoms in total. The first-order valence-electron chi connectivity index (χ1n) is 10.4. The van der Waals surface area contributed by atoms with Crippen LogP contribution in [0.5, 0.6) is 0 Å². The second-order valence-electron chi connectivity index (χ2n) is 7.94. The van der Waals surface area contributed by atoms with E-state index >= 15 is 0 Å². The maximum atomic E-state index is 13.1. The Bertz CT molecular complexity index is 1720. The molecule has 0 aliphatic heterocycles. The van der Waals surface area contributed by atoms with Crippen LogP contribution in [0.3, 0.4) is 0 Å². The number of rotatable bonds is 7. The molecule has 2 aromatic carbocycles. The van der Waals surface area contributed by atoms with Gasteiger partial charge in [0.1, 0.15) is 4.83 Å². The summed E-state index contributed by atoms with van der Waals surface area (Å²) in [6.07, 6.45) is 0. The highest BCUT2D eigenvalue weighted by molar-refractivity contribution is 7.89. The SMILES string of the molecule is Cn1c(=O)n(Cc2ccc(C(=O)O)cc2)c(=O)c2cc(C(=O)NCc3ccc(S(N)(=O)=O)cc3)sc21. The lowest BCUT2D eigenvalue weighted by Gasteiger charge is -2.08. The van der Waals surface area contributed by atoms with Crippen molar-refractivity contribution in [2.75, 3.05) is 0 Å². The third-order valence-electron chi connectivity index (χ3n) is 5.48. The molecule has 0 saturated carbocycles. The summed E-state index contributed by atoms with van der Waals surface area (Å²) in [4.78, 5) is 50.2. The van der Waals surface area contributed by atoms with E-state index < -0.39 is 33.1 Å². The summed E-state index contributed by atoms with van der Waals surface area (Å²) in [5, 5.41) is 17.0. The third kappa shape index (κ3) is 4.98. The summed E-state index contributed by atoms with van der Waals surface area (Å²) < 4.78 is 25.0. The van der Waals surface area contributed by atoms with Gasteiger partial charge in [-0.25, -0.2) is 23.1 Å². The fourth-order valence-corrected chi connectivity index (χ4v) is 5.07. The van der Waals surface area contributed by atoms with Crippen LogP contribution in [-0.2, 0) is 30.2 Å². The van der Waals surface area contributed by atoms with E-state index in [-0.39, 0.29) is 33.8 Å². The van der Waals surface area contributed by atoms with E-state index in [0.717, 1.165) is 15.9 Å². The maximum absolute atomic E-state index is 13.1. The van der Waals surface area contributed by atoms with Gasteiger partial charge in [0.2, 0.25) is 10.0 Å². The fourth-order valence-electron chi connectivity index (χ4n) is 3.54. The molecule has 2 aromatic heterocycles. The molecule has 4 aromatic rings. The van der Waals surface area contributed by atoms with Crippen molar-refractivity contribution in [1.82, 2.24) is 14.5 Å². The number of thiophene rings is 1. The van der Waals surface area contributed by atoms with E-state index in [1.54, 1.807) is 0 Å². The van der Waals surface area contributed by atoms with Gasteiger partial charge in [-0.3, -0.25) is 18.7 Å². The summed E-state index contributed by atoms with van der Waals surface area (Å²) in [6.45, 7) is 0.0424. The summed E-state index contributed by atoms with van der Waals surface area (Å²) in [5.74, 6) is -1.55. The molecule has 4 N–H and O–H groups in total. The van der Waals surface area contributed by atoms with Crippen LogP contribution in [0.2, 0.25) is 0 Å². The Kier molecular flexibility index (Phi) is 6.63. The van der Waals surface area contributed by atoms with Gasteiger partial charge in [-0.2, -0.15) is 0 Å². The summed E-state index contributed by atoms with van der Waals surface area (Å²) in [6, 6.07) is 13.0. The largest absolute Gasteiger partial charge is 0.478 e. The number of nitrogens with one attached hydrogen (secondary N) is 1. The Morgan fingerprint density at radius 3 is 2.22 bits per heavy atom. The molecule has 0 bridgehead atoms. The molecule has 186 valence electrons. The standard InChI is InChI=1S/C23H20N4O7S2/c1-26-21-17(20(29)27(23(26)32)12-14-2-6-15(7-3-14)22(30)31)10-18(35-21)19(28)25-11-13-4-8-16(9-5-13)36(24,33)34/h2-10H,11-12H2,1H3,(H,25,28)(H,30,31)(H2,24,33,34). The molecule has 2 heterocycles. The Labute approximate surface area is 208 Å². The molecule has 0 radical (unpaired) electrons. The molecular formula is C23H20N4O7S2. The Hall–Kier alpha value is -4.07. The minimum Gasteiger partial charge on any atom is -0.478 e. The van der Waals surface area contributed by atoms with Gasteiger partial charge in [-0.05, 0) is 41.5 Å². The van der Waals surface area contributed by atoms with Crippen LogP contribution in [0, 0.1) is 0 Å². The van der Waals surface area contributed by atoms with Crippen LogP contribution in [0.4, 0.5) is 0 Å². The molecule has 0 spiro atoms. The number of nitrogens with two attached hydrogens (primary N) is 1. The number of primary sulfonamides is 1. The van der Waals surface area contributed by atoms with E-state index in [9.17, 15) is 27.6 Å². The van der Waals surface area contributed by atoms with Crippen molar-refractivity contribution in [3.63, 3.8) is 0 Å². The molecule has 0 unspecified atom stereocenters. The predicted octanol–water partition coefficient (Wildman–Crippen LogP) is 1.09. The Balaban J connectivity index is 1.58. The first-order valence-corrected chi connectivity index (χ1v) is 12.8. The summed E-state index contributed by atoms with van der Waals surface area (Å²) >= 11 is 0.998. The molecule has 0 aliphatic carbocycles. The number of aryl methyl sites for hydroxylation is 1. The van der Waals surface area contributed by atoms with Gasteiger partial charge in [0.05, 0.1) is 27.3 Å². The zero-order valence-corrected chi connectivity index (χ0v) is 20.4. The van der Waals surface area contributed by atoms with Gasteiger partial charge in [0, 0.05) is 13.6 Å². The van der Waals surface area contributed by atoms with Gasteiger partial charge in [0.25, 0.3) is 11.5 Å². The lowest BCUT2D eigenvalue weighted by molar-refractivity contribution is 0.0696. The number of fused-ring (bicyclic) bond motifs is 1. The number of hydrogen-bond donors (Lipinski definition) is 3. The van der Waals surface area contributed by atoms with Crippen molar-refractivity contribution in [1.29, 1.82) is 0 Å². The predicted molar refractivity (Wildman–Crippen MR) is 133 cm³/mol. The number of hydrogen-bond acceptors (Lipinski definition) is 7. The molecule has 36 heavy (non-hydrogen) atoms. The average Bonchev–Trinajstić information content (AvgIpc) is 3.30. The number of amides is 1. The second-order valence-corrected chi connectivity index (χ2v) is 10.5. The quantitative estimate of drug-likeness (QED) is 0.322. The first-order chi connectivity index (χ1) is 17.0. The summed E-state index contributed by atoms with van der Waals surface area (Å²) in [7, 11) is -2.32. The topological polar surface area (TPSA) is 171 Å². The summed E-state index contributed by atoms with van der Waals surface area (Å²) in [5.41, 5.74) is 0.159. The fraction of sp³-hybridized carbons (Fsp3) is 0.130. The molecule has 4 rings (SSSR count). The van der Waals surface area contributed by atoms with Crippen LogP contribution in [0.15, 0.2) is 69.1 Å². The van der Waals surface area contributed by atoms with E-state index in [1.807, 2.05) is 0 Å².